The third kappa shape index (κ3) is 3.94. The van der Waals surface area contributed by atoms with Gasteiger partial charge in [-0.3, -0.25) is 4.98 Å². The fraction of sp³-hybridized carbons (Fsp3) is 0.125. The van der Waals surface area contributed by atoms with Crippen LogP contribution >= 0.6 is 0 Å². The molecule has 2 aromatic carbocycles. The maximum absolute atomic E-state index is 13.0. The number of rotatable bonds is 5. The minimum absolute atomic E-state index is 0.410. The van der Waals surface area contributed by atoms with E-state index in [1.807, 2.05) is 80.6 Å². The number of hydrogen-bond acceptors (Lipinski definition) is 4. The van der Waals surface area contributed by atoms with Gasteiger partial charge < -0.3 is 4.74 Å². The van der Waals surface area contributed by atoms with Crippen LogP contribution in [0.4, 0.5) is 0 Å². The summed E-state index contributed by atoms with van der Waals surface area (Å²) in [5.74, 6) is -0.410. The molecular weight excluding hydrogens is 362 g/mol. The topological polar surface area (TPSA) is 57.0 Å². The molecule has 0 saturated carbocycles. The number of pyridine rings is 1. The molecule has 0 N–H and O–H groups in total. The van der Waals surface area contributed by atoms with Crippen molar-refractivity contribution in [3.05, 3.63) is 113 Å². The Balaban J connectivity index is 1.65. The first-order valence-corrected chi connectivity index (χ1v) is 9.41. The average Bonchev–Trinajstić information content (AvgIpc) is 3.14. The summed E-state index contributed by atoms with van der Waals surface area (Å²) >= 11 is 0. The zero-order valence-electron chi connectivity index (χ0n) is 16.3. The molecule has 2 aromatic heterocycles. The second kappa shape index (κ2) is 8.10. The van der Waals surface area contributed by atoms with Gasteiger partial charge in [-0.25, -0.2) is 9.48 Å². The molecule has 4 rings (SSSR count). The van der Waals surface area contributed by atoms with Gasteiger partial charge in [0.05, 0.1) is 17.6 Å². The molecule has 0 bridgehead atoms. The Kier molecular flexibility index (Phi) is 5.20. The Morgan fingerprint density at radius 1 is 0.931 bits per heavy atom. The largest absolute Gasteiger partial charge is 0.449 e. The van der Waals surface area contributed by atoms with Gasteiger partial charge in [0, 0.05) is 18.0 Å². The summed E-state index contributed by atoms with van der Waals surface area (Å²) in [5, 5.41) is 4.41. The molecule has 0 amide bonds. The maximum atomic E-state index is 13.0. The smallest absolute Gasteiger partial charge is 0.342 e. The third-order valence-electron chi connectivity index (χ3n) is 4.81. The quantitative estimate of drug-likeness (QED) is 0.463. The Bertz CT molecular complexity index is 1080. The first-order valence-electron chi connectivity index (χ1n) is 9.41. The third-order valence-corrected chi connectivity index (χ3v) is 4.81. The highest BCUT2D eigenvalue weighted by atomic mass is 16.5. The van der Waals surface area contributed by atoms with Gasteiger partial charge >= 0.3 is 5.97 Å². The average molecular weight is 383 g/mol. The summed E-state index contributed by atoms with van der Waals surface area (Å²) in [5.41, 5.74) is 4.99. The number of ether oxygens (including phenoxy) is 1. The van der Waals surface area contributed by atoms with Crippen LogP contribution in [-0.4, -0.2) is 20.7 Å². The van der Waals surface area contributed by atoms with Gasteiger partial charge in [-0.1, -0.05) is 42.5 Å². The molecule has 0 aliphatic carbocycles. The van der Waals surface area contributed by atoms with Crippen LogP contribution in [0.25, 0.3) is 5.69 Å². The number of aromatic nitrogens is 3. The van der Waals surface area contributed by atoms with Crippen LogP contribution in [0.5, 0.6) is 0 Å². The lowest BCUT2D eigenvalue weighted by Gasteiger charge is -2.18. The zero-order valence-corrected chi connectivity index (χ0v) is 16.3. The van der Waals surface area contributed by atoms with E-state index >= 15 is 0 Å². The molecule has 1 atom stereocenters. The van der Waals surface area contributed by atoms with Crippen molar-refractivity contribution in [2.75, 3.05) is 0 Å². The second-order valence-electron chi connectivity index (χ2n) is 6.87. The highest BCUT2D eigenvalue weighted by Crippen LogP contribution is 2.27. The van der Waals surface area contributed by atoms with Crippen molar-refractivity contribution in [3.63, 3.8) is 0 Å². The second-order valence-corrected chi connectivity index (χ2v) is 6.87. The number of nitrogens with zero attached hydrogens (tertiary/aromatic N) is 3. The minimum atomic E-state index is -0.520. The molecule has 2 heterocycles. The van der Waals surface area contributed by atoms with Gasteiger partial charge in [-0.05, 0) is 49.2 Å². The molecule has 0 radical (unpaired) electrons. The summed E-state index contributed by atoms with van der Waals surface area (Å²) < 4.78 is 7.70. The predicted octanol–water partition coefficient (Wildman–Crippen LogP) is 4.83. The predicted molar refractivity (Wildman–Crippen MR) is 111 cm³/mol. The SMILES string of the molecule is Cc1cccc(-n2ncc(C(=O)O[C@H](c3ccccc3)c3ccncc3)c2C)c1. The number of carbonyl (C=O) groups excluding carboxylic acids is 1. The highest BCUT2D eigenvalue weighted by Gasteiger charge is 2.23. The zero-order chi connectivity index (χ0) is 20.2. The van der Waals surface area contributed by atoms with Gasteiger partial charge in [0.1, 0.15) is 5.56 Å². The number of esters is 1. The Hall–Kier alpha value is -3.73. The lowest BCUT2D eigenvalue weighted by molar-refractivity contribution is 0.0377. The van der Waals surface area contributed by atoms with Crippen molar-refractivity contribution in [1.29, 1.82) is 0 Å². The lowest BCUT2D eigenvalue weighted by Crippen LogP contribution is -2.14. The molecule has 144 valence electrons. The van der Waals surface area contributed by atoms with E-state index in [9.17, 15) is 4.79 Å². The molecule has 29 heavy (non-hydrogen) atoms. The first kappa shape index (κ1) is 18.6. The van der Waals surface area contributed by atoms with Crippen LogP contribution in [-0.2, 0) is 4.74 Å². The van der Waals surface area contributed by atoms with E-state index in [0.29, 0.717) is 5.56 Å². The fourth-order valence-corrected chi connectivity index (χ4v) is 3.30. The molecule has 0 unspecified atom stereocenters. The molecule has 5 nitrogen and oxygen atoms in total. The molecule has 0 aliphatic rings. The van der Waals surface area contributed by atoms with Crippen LogP contribution in [0.2, 0.25) is 0 Å². The minimum Gasteiger partial charge on any atom is -0.449 e. The monoisotopic (exact) mass is 383 g/mol. The number of carbonyl (C=O) groups is 1. The fourth-order valence-electron chi connectivity index (χ4n) is 3.30. The molecule has 4 aromatic rings. The normalized spacial score (nSPS) is 11.8. The molecule has 0 fully saturated rings. The Morgan fingerprint density at radius 2 is 1.66 bits per heavy atom. The summed E-state index contributed by atoms with van der Waals surface area (Å²) in [4.78, 5) is 17.1. The van der Waals surface area contributed by atoms with E-state index in [1.165, 1.54) is 0 Å². The van der Waals surface area contributed by atoms with Crippen molar-refractivity contribution in [2.24, 2.45) is 0 Å². The van der Waals surface area contributed by atoms with Gasteiger partial charge in [-0.15, -0.1) is 0 Å². The number of benzene rings is 2. The maximum Gasteiger partial charge on any atom is 0.342 e. The van der Waals surface area contributed by atoms with E-state index in [-0.39, 0.29) is 0 Å². The van der Waals surface area contributed by atoms with E-state index in [2.05, 4.69) is 10.1 Å². The van der Waals surface area contributed by atoms with Crippen LogP contribution < -0.4 is 0 Å². The first-order chi connectivity index (χ1) is 14.1. The van der Waals surface area contributed by atoms with Crippen LogP contribution in [0.3, 0.4) is 0 Å². The van der Waals surface area contributed by atoms with E-state index in [0.717, 1.165) is 28.1 Å². The number of hydrogen-bond donors (Lipinski definition) is 0. The van der Waals surface area contributed by atoms with E-state index in [1.54, 1.807) is 23.3 Å². The van der Waals surface area contributed by atoms with Crippen LogP contribution in [0.1, 0.15) is 38.8 Å². The van der Waals surface area contributed by atoms with Crippen molar-refractivity contribution >= 4 is 5.97 Å². The molecule has 0 spiro atoms. The van der Waals surface area contributed by atoms with Crippen LogP contribution in [0.15, 0.2) is 85.3 Å². The standard InChI is InChI=1S/C24H21N3O2/c1-17-7-6-10-21(15-17)27-18(2)22(16-26-27)24(28)29-23(19-8-4-3-5-9-19)20-11-13-25-14-12-20/h3-16,23H,1-2H3/t23-/m1/s1. The molecule has 0 aliphatic heterocycles. The van der Waals surface area contributed by atoms with Crippen molar-refractivity contribution in [1.82, 2.24) is 14.8 Å². The van der Waals surface area contributed by atoms with E-state index < -0.39 is 12.1 Å². The number of aryl methyl sites for hydroxylation is 1. The Labute approximate surface area is 169 Å². The summed E-state index contributed by atoms with van der Waals surface area (Å²) in [6, 6.07) is 21.4. The van der Waals surface area contributed by atoms with Crippen molar-refractivity contribution < 1.29 is 9.53 Å². The highest BCUT2D eigenvalue weighted by molar-refractivity contribution is 5.90. The van der Waals surface area contributed by atoms with Crippen molar-refractivity contribution in [2.45, 2.75) is 20.0 Å². The molecule has 5 heteroatoms. The summed E-state index contributed by atoms with van der Waals surface area (Å²) in [6.45, 7) is 3.90. The van der Waals surface area contributed by atoms with Gasteiger partial charge in [-0.2, -0.15) is 5.10 Å². The van der Waals surface area contributed by atoms with Gasteiger partial charge in [0.15, 0.2) is 6.10 Å². The van der Waals surface area contributed by atoms with Crippen LogP contribution in [0, 0.1) is 13.8 Å². The lowest BCUT2D eigenvalue weighted by atomic mass is 10.0. The van der Waals surface area contributed by atoms with Crippen molar-refractivity contribution in [3.8, 4) is 5.69 Å². The molecular formula is C24H21N3O2. The molecule has 0 saturated heterocycles. The van der Waals surface area contributed by atoms with Gasteiger partial charge in [0.2, 0.25) is 0 Å². The summed E-state index contributed by atoms with van der Waals surface area (Å²) in [6.07, 6.45) is 4.43. The van der Waals surface area contributed by atoms with Gasteiger partial charge in [0.25, 0.3) is 0 Å². The van der Waals surface area contributed by atoms with E-state index in [4.69, 9.17) is 4.74 Å². The summed E-state index contributed by atoms with van der Waals surface area (Å²) in [7, 11) is 0. The Morgan fingerprint density at radius 3 is 2.38 bits per heavy atom.